The maximum atomic E-state index is 15.0. The number of rotatable bonds is 2. The van der Waals surface area contributed by atoms with E-state index in [0.29, 0.717) is 25.1 Å². The minimum atomic E-state index is -0.543. The van der Waals surface area contributed by atoms with E-state index in [1.807, 2.05) is 68.9 Å². The number of hydrogen-bond donors (Lipinski definition) is 0. The lowest BCUT2D eigenvalue weighted by Gasteiger charge is -2.36. The van der Waals surface area contributed by atoms with Crippen molar-refractivity contribution >= 4 is 16.9 Å². The Labute approximate surface area is 205 Å². The Morgan fingerprint density at radius 2 is 1.86 bits per heavy atom. The first-order valence-corrected chi connectivity index (χ1v) is 12.0. The summed E-state index contributed by atoms with van der Waals surface area (Å²) in [4.78, 5) is 27.1. The normalized spacial score (nSPS) is 18.3. The molecular weight excluding hydrogens is 445 g/mol. The Morgan fingerprint density at radius 1 is 1.20 bits per heavy atom. The van der Waals surface area contributed by atoms with Crippen LogP contribution in [0.5, 0.6) is 0 Å². The number of piperidine rings is 1. The van der Waals surface area contributed by atoms with E-state index in [-0.39, 0.29) is 35.7 Å². The molecule has 184 valence electrons. The van der Waals surface area contributed by atoms with E-state index in [9.17, 15) is 9.59 Å². The highest BCUT2D eigenvalue weighted by molar-refractivity contribution is 5.82. The monoisotopic (exact) mass is 477 g/mol. The number of halogens is 1. The van der Waals surface area contributed by atoms with Crippen molar-refractivity contribution < 1.29 is 13.9 Å². The number of amides is 1. The van der Waals surface area contributed by atoms with Crippen molar-refractivity contribution in [2.75, 3.05) is 6.54 Å². The molecule has 0 saturated carbocycles. The molecule has 0 N–H and O–H groups in total. The fraction of sp³-hybridized carbons (Fsp3) is 0.429. The molecule has 7 heteroatoms. The van der Waals surface area contributed by atoms with Crippen molar-refractivity contribution in [3.05, 3.63) is 70.2 Å². The van der Waals surface area contributed by atoms with Gasteiger partial charge in [0.25, 0.3) is 5.56 Å². The molecule has 0 bridgehead atoms. The summed E-state index contributed by atoms with van der Waals surface area (Å²) < 4.78 is 23.8. The molecular formula is C28H32FN3O3. The molecule has 4 rings (SSSR count). The quantitative estimate of drug-likeness (QED) is 0.493. The minimum Gasteiger partial charge on any atom is -0.444 e. The number of ether oxygens (including phenoxy) is 1. The zero-order chi connectivity index (χ0) is 25.3. The van der Waals surface area contributed by atoms with Gasteiger partial charge in [-0.2, -0.15) is 0 Å². The third-order valence-electron chi connectivity index (χ3n) is 6.34. The summed E-state index contributed by atoms with van der Waals surface area (Å²) in [6.45, 7) is 8.29. The van der Waals surface area contributed by atoms with E-state index in [4.69, 9.17) is 4.74 Å². The lowest BCUT2D eigenvalue weighted by atomic mass is 9.92. The van der Waals surface area contributed by atoms with Crippen LogP contribution in [-0.2, 0) is 18.3 Å². The standard InChI is InChI=1S/C28H32FN3O3/c1-19-14-20(12-13-32(19)27(34)35-28(2,3)4)10-11-21-15-24(29)25(30(5)26(21)33)18-31-16-22-8-6-7-9-23(22)17-31/h6-9,15-17,19-20H,12-14,18H2,1-5H3. The van der Waals surface area contributed by atoms with Gasteiger partial charge in [-0.15, -0.1) is 0 Å². The van der Waals surface area contributed by atoms with E-state index in [1.165, 1.54) is 10.6 Å². The lowest BCUT2D eigenvalue weighted by Crippen LogP contribution is -2.46. The molecule has 3 heterocycles. The predicted molar refractivity (Wildman–Crippen MR) is 135 cm³/mol. The number of benzene rings is 1. The number of likely N-dealkylation sites (tertiary alicyclic amines) is 1. The van der Waals surface area contributed by atoms with E-state index in [1.54, 1.807) is 11.9 Å². The number of hydrogen-bond acceptors (Lipinski definition) is 3. The second kappa shape index (κ2) is 9.61. The number of aromatic nitrogens is 2. The van der Waals surface area contributed by atoms with Crippen molar-refractivity contribution in [2.24, 2.45) is 13.0 Å². The van der Waals surface area contributed by atoms with Crippen LogP contribution in [0.15, 0.2) is 47.5 Å². The summed E-state index contributed by atoms with van der Waals surface area (Å²) in [5, 5.41) is 2.12. The fourth-order valence-corrected chi connectivity index (χ4v) is 4.49. The minimum absolute atomic E-state index is 0.0171. The smallest absolute Gasteiger partial charge is 0.410 e. The van der Waals surface area contributed by atoms with Crippen molar-refractivity contribution in [2.45, 2.75) is 58.7 Å². The third-order valence-corrected chi connectivity index (χ3v) is 6.34. The van der Waals surface area contributed by atoms with Crippen molar-refractivity contribution in [1.82, 2.24) is 14.0 Å². The maximum Gasteiger partial charge on any atom is 0.410 e. The molecule has 1 saturated heterocycles. The average molecular weight is 478 g/mol. The first-order chi connectivity index (χ1) is 16.5. The molecule has 1 aliphatic rings. The lowest BCUT2D eigenvalue weighted by molar-refractivity contribution is 0.00955. The molecule has 1 fully saturated rings. The van der Waals surface area contributed by atoms with Gasteiger partial charge in [0, 0.05) is 37.9 Å². The Kier molecular flexibility index (Phi) is 6.75. The van der Waals surface area contributed by atoms with Crippen LogP contribution >= 0.6 is 0 Å². The van der Waals surface area contributed by atoms with Crippen LogP contribution in [0.4, 0.5) is 9.18 Å². The second-order valence-corrected chi connectivity index (χ2v) is 10.3. The third kappa shape index (κ3) is 5.59. The molecule has 35 heavy (non-hydrogen) atoms. The highest BCUT2D eigenvalue weighted by atomic mass is 19.1. The number of fused-ring (bicyclic) bond motifs is 1. The molecule has 2 aromatic heterocycles. The molecule has 0 aliphatic carbocycles. The Morgan fingerprint density at radius 3 is 2.46 bits per heavy atom. The summed E-state index contributed by atoms with van der Waals surface area (Å²) in [6.07, 6.45) is 4.92. The van der Waals surface area contributed by atoms with Gasteiger partial charge in [-0.1, -0.05) is 36.1 Å². The zero-order valence-electron chi connectivity index (χ0n) is 21.0. The molecule has 0 radical (unpaired) electrons. The van der Waals surface area contributed by atoms with Gasteiger partial charge >= 0.3 is 6.09 Å². The maximum absolute atomic E-state index is 15.0. The Hall–Kier alpha value is -3.53. The van der Waals surface area contributed by atoms with Crippen LogP contribution in [-0.4, -0.2) is 38.3 Å². The van der Waals surface area contributed by atoms with E-state index in [0.717, 1.165) is 10.8 Å². The summed E-state index contributed by atoms with van der Waals surface area (Å²) >= 11 is 0. The second-order valence-electron chi connectivity index (χ2n) is 10.3. The van der Waals surface area contributed by atoms with Crippen LogP contribution < -0.4 is 5.56 Å². The molecule has 2 unspecified atom stereocenters. The SMILES string of the molecule is CC1CC(C#Cc2cc(F)c(Cn3cc4ccccc4c3)n(C)c2=O)CCN1C(=O)OC(C)(C)C. The Bertz CT molecular complexity index is 1340. The van der Waals surface area contributed by atoms with E-state index in [2.05, 4.69) is 11.8 Å². The van der Waals surface area contributed by atoms with Gasteiger partial charge in [0.1, 0.15) is 11.4 Å². The van der Waals surface area contributed by atoms with Gasteiger partial charge < -0.3 is 18.8 Å². The van der Waals surface area contributed by atoms with E-state index < -0.39 is 11.4 Å². The fourth-order valence-electron chi connectivity index (χ4n) is 4.49. The molecule has 2 atom stereocenters. The molecule has 1 aromatic carbocycles. The highest BCUT2D eigenvalue weighted by Crippen LogP contribution is 2.24. The van der Waals surface area contributed by atoms with Gasteiger partial charge in [0.15, 0.2) is 0 Å². The van der Waals surface area contributed by atoms with Crippen LogP contribution in [0.1, 0.15) is 51.8 Å². The number of carbonyl (C=O) groups is 1. The first-order valence-electron chi connectivity index (χ1n) is 12.0. The largest absolute Gasteiger partial charge is 0.444 e. The summed E-state index contributed by atoms with van der Waals surface area (Å²) in [7, 11) is 1.58. The van der Waals surface area contributed by atoms with Gasteiger partial charge in [0.05, 0.1) is 17.8 Å². The van der Waals surface area contributed by atoms with Crippen molar-refractivity contribution in [3.63, 3.8) is 0 Å². The van der Waals surface area contributed by atoms with Crippen LogP contribution in [0.3, 0.4) is 0 Å². The summed E-state index contributed by atoms with van der Waals surface area (Å²) in [6, 6.07) is 9.12. The van der Waals surface area contributed by atoms with Crippen molar-refractivity contribution in [3.8, 4) is 11.8 Å². The van der Waals surface area contributed by atoms with Gasteiger partial charge in [-0.05, 0) is 57.4 Å². The first kappa shape index (κ1) is 24.6. The topological polar surface area (TPSA) is 56.5 Å². The molecule has 3 aromatic rings. The highest BCUT2D eigenvalue weighted by Gasteiger charge is 2.31. The molecule has 1 aliphatic heterocycles. The predicted octanol–water partition coefficient (Wildman–Crippen LogP) is 4.91. The average Bonchev–Trinajstić information content (AvgIpc) is 3.19. The van der Waals surface area contributed by atoms with Crippen LogP contribution in [0.25, 0.3) is 10.8 Å². The van der Waals surface area contributed by atoms with Crippen molar-refractivity contribution in [1.29, 1.82) is 0 Å². The van der Waals surface area contributed by atoms with E-state index >= 15 is 4.39 Å². The number of carbonyl (C=O) groups excluding carboxylic acids is 1. The Balaban J connectivity index is 1.48. The number of nitrogens with zero attached hydrogens (tertiary/aromatic N) is 3. The molecule has 1 amide bonds. The molecule has 6 nitrogen and oxygen atoms in total. The zero-order valence-corrected chi connectivity index (χ0v) is 21.0. The summed E-state index contributed by atoms with van der Waals surface area (Å²) in [5.74, 6) is 5.62. The van der Waals surface area contributed by atoms with Gasteiger partial charge in [0.2, 0.25) is 0 Å². The van der Waals surface area contributed by atoms with Gasteiger partial charge in [-0.3, -0.25) is 4.79 Å². The van der Waals surface area contributed by atoms with Crippen LogP contribution in [0, 0.1) is 23.6 Å². The number of pyridine rings is 1. The van der Waals surface area contributed by atoms with Gasteiger partial charge in [-0.25, -0.2) is 9.18 Å². The van der Waals surface area contributed by atoms with Crippen LogP contribution in [0.2, 0.25) is 0 Å². The summed E-state index contributed by atoms with van der Waals surface area (Å²) in [5.41, 5.74) is -0.405. The molecule has 0 spiro atoms.